The molecule has 1 unspecified atom stereocenters. The summed E-state index contributed by atoms with van der Waals surface area (Å²) in [5, 5.41) is 13.8. The number of aromatic nitrogens is 5. The SMILES string of the molecule is Cc1nn2c(c1C)-c1c(Cl)ccc3c1c(C)c(C(=O)P)n3CCCOc1cc(cc3ccccc13)CCc1cc(nn1C)CCC2. The maximum Gasteiger partial charge on any atom is 0.194 e. The lowest BCUT2D eigenvalue weighted by atomic mass is 9.99. The number of fused-ring (bicyclic) bond motifs is 8. The highest BCUT2D eigenvalue weighted by Crippen LogP contribution is 2.42. The minimum Gasteiger partial charge on any atom is -0.493 e. The number of halogens is 1. The van der Waals surface area contributed by atoms with E-state index >= 15 is 0 Å². The van der Waals surface area contributed by atoms with Crippen molar-refractivity contribution in [3.8, 4) is 17.0 Å². The smallest absolute Gasteiger partial charge is 0.194 e. The van der Waals surface area contributed by atoms with Crippen LogP contribution in [0.1, 0.15) is 57.1 Å². The lowest BCUT2D eigenvalue weighted by molar-refractivity contribution is 0.107. The fourth-order valence-corrected chi connectivity index (χ4v) is 7.78. The van der Waals surface area contributed by atoms with Gasteiger partial charge in [-0.1, -0.05) is 51.2 Å². The summed E-state index contributed by atoms with van der Waals surface area (Å²) in [6.45, 7) is 8.08. The van der Waals surface area contributed by atoms with Gasteiger partial charge in [0, 0.05) is 47.7 Å². The normalized spacial score (nSPS) is 14.3. The molecule has 7 rings (SSSR count). The van der Waals surface area contributed by atoms with Gasteiger partial charge in [-0.15, -0.1) is 0 Å². The third kappa shape index (κ3) is 5.44. The number of benzene rings is 3. The Kier molecular flexibility index (Phi) is 8.25. The summed E-state index contributed by atoms with van der Waals surface area (Å²) in [6.07, 6.45) is 4.26. The van der Waals surface area contributed by atoms with Crippen molar-refractivity contribution >= 4 is 48.0 Å². The van der Waals surface area contributed by atoms with Crippen LogP contribution >= 0.6 is 20.8 Å². The van der Waals surface area contributed by atoms with Gasteiger partial charge in [-0.2, -0.15) is 10.2 Å². The van der Waals surface area contributed by atoms with Crippen LogP contribution < -0.4 is 4.74 Å². The van der Waals surface area contributed by atoms with Crippen molar-refractivity contribution in [2.24, 2.45) is 7.05 Å². The van der Waals surface area contributed by atoms with Crippen LogP contribution in [-0.2, 0) is 39.4 Å². The molecule has 4 heterocycles. The topological polar surface area (TPSA) is 66.9 Å². The van der Waals surface area contributed by atoms with Crippen LogP contribution in [0.15, 0.2) is 54.6 Å². The van der Waals surface area contributed by atoms with Crippen LogP contribution in [0.25, 0.3) is 32.9 Å². The molecule has 0 spiro atoms. The minimum atomic E-state index is -0.0408. The molecule has 1 aliphatic heterocycles. The number of carbonyl (C=O) groups is 1. The zero-order chi connectivity index (χ0) is 32.1. The van der Waals surface area contributed by atoms with E-state index in [9.17, 15) is 4.79 Å². The van der Waals surface area contributed by atoms with Gasteiger partial charge in [0.25, 0.3) is 0 Å². The third-order valence-electron chi connectivity index (χ3n) is 9.49. The van der Waals surface area contributed by atoms with Crippen molar-refractivity contribution in [2.75, 3.05) is 6.61 Å². The average Bonchev–Trinajstić information content (AvgIpc) is 3.63. The maximum absolute atomic E-state index is 13.1. The molecule has 0 saturated heterocycles. The molecule has 0 saturated carbocycles. The summed E-state index contributed by atoms with van der Waals surface area (Å²) in [6, 6.07) is 19.1. The second-order valence-corrected chi connectivity index (χ2v) is 13.4. The van der Waals surface area contributed by atoms with Crippen molar-refractivity contribution in [3.63, 3.8) is 0 Å². The molecule has 1 aliphatic rings. The van der Waals surface area contributed by atoms with Crippen molar-refractivity contribution < 1.29 is 9.53 Å². The molecule has 0 amide bonds. The molecule has 9 heteroatoms. The van der Waals surface area contributed by atoms with Gasteiger partial charge in [0.1, 0.15) is 5.75 Å². The van der Waals surface area contributed by atoms with Gasteiger partial charge in [-0.05, 0) is 99.2 Å². The lowest BCUT2D eigenvalue weighted by Crippen LogP contribution is -2.10. The summed E-state index contributed by atoms with van der Waals surface area (Å²) in [5.41, 5.74) is 10.1. The third-order valence-corrected chi connectivity index (χ3v) is 10.1. The summed E-state index contributed by atoms with van der Waals surface area (Å²) in [7, 11) is 4.42. The predicted octanol–water partition coefficient (Wildman–Crippen LogP) is 8.19. The Morgan fingerprint density at radius 1 is 0.935 bits per heavy atom. The van der Waals surface area contributed by atoms with Gasteiger partial charge in [0.15, 0.2) is 5.52 Å². The number of ether oxygens (including phenoxy) is 1. The Hall–Kier alpha value is -3.93. The van der Waals surface area contributed by atoms with Crippen LogP contribution in [0.3, 0.4) is 0 Å². The molecular formula is C37H39ClN5O2P. The summed E-state index contributed by atoms with van der Waals surface area (Å²) >= 11 is 7.04. The fraction of sp³-hybridized carbons (Fsp3) is 0.324. The summed E-state index contributed by atoms with van der Waals surface area (Å²) in [5.74, 6) is 0.897. The van der Waals surface area contributed by atoms with E-state index in [0.29, 0.717) is 23.9 Å². The molecule has 0 fully saturated rings. The fourth-order valence-electron chi connectivity index (χ4n) is 7.16. The van der Waals surface area contributed by atoms with E-state index in [1.807, 2.05) is 37.7 Å². The van der Waals surface area contributed by atoms with Crippen LogP contribution in [-0.4, -0.2) is 36.3 Å². The first-order valence-electron chi connectivity index (χ1n) is 16.0. The zero-order valence-electron chi connectivity index (χ0n) is 26.9. The zero-order valence-corrected chi connectivity index (χ0v) is 28.8. The second kappa shape index (κ2) is 12.4. The quantitative estimate of drug-likeness (QED) is 0.168. The average molecular weight is 652 g/mol. The van der Waals surface area contributed by atoms with Gasteiger partial charge in [-0.25, -0.2) is 0 Å². The summed E-state index contributed by atoms with van der Waals surface area (Å²) in [4.78, 5) is 13.1. The van der Waals surface area contributed by atoms with Crippen molar-refractivity contribution in [1.82, 2.24) is 24.1 Å². The van der Waals surface area contributed by atoms with E-state index in [1.165, 1.54) is 16.6 Å². The van der Waals surface area contributed by atoms with E-state index in [2.05, 4.69) is 67.9 Å². The number of hydrogen-bond acceptors (Lipinski definition) is 4. The predicted molar refractivity (Wildman–Crippen MR) is 189 cm³/mol. The molecular weight excluding hydrogens is 613 g/mol. The minimum absolute atomic E-state index is 0.0408. The molecule has 236 valence electrons. The molecule has 1 atom stereocenters. The first-order chi connectivity index (χ1) is 22.2. The number of carbonyl (C=O) groups excluding carboxylic acids is 1. The highest BCUT2D eigenvalue weighted by molar-refractivity contribution is 7.41. The Labute approximate surface area is 276 Å². The van der Waals surface area contributed by atoms with Crippen LogP contribution in [0.5, 0.6) is 5.75 Å². The number of aryl methyl sites for hydroxylation is 8. The van der Waals surface area contributed by atoms with E-state index in [1.54, 1.807) is 0 Å². The lowest BCUT2D eigenvalue weighted by Gasteiger charge is -2.14. The molecule has 46 heavy (non-hydrogen) atoms. The number of nitrogens with zero attached hydrogens (tertiary/aromatic N) is 5. The van der Waals surface area contributed by atoms with Gasteiger partial charge >= 0.3 is 0 Å². The number of hydrogen-bond donors (Lipinski definition) is 0. The summed E-state index contributed by atoms with van der Waals surface area (Å²) < 4.78 is 12.8. The monoisotopic (exact) mass is 651 g/mol. The first kappa shape index (κ1) is 30.7. The van der Waals surface area contributed by atoms with E-state index in [-0.39, 0.29) is 5.52 Å². The van der Waals surface area contributed by atoms with Crippen molar-refractivity contribution in [1.29, 1.82) is 0 Å². The Morgan fingerprint density at radius 3 is 2.59 bits per heavy atom. The van der Waals surface area contributed by atoms with E-state index < -0.39 is 0 Å². The number of rotatable bonds is 1. The first-order valence-corrected chi connectivity index (χ1v) is 17.0. The van der Waals surface area contributed by atoms with E-state index in [0.717, 1.165) is 94.5 Å². The van der Waals surface area contributed by atoms with Gasteiger partial charge in [0.05, 0.1) is 34.4 Å². The molecule has 8 bridgehead atoms. The Balaban J connectivity index is 1.36. The molecule has 7 nitrogen and oxygen atoms in total. The highest BCUT2D eigenvalue weighted by atomic mass is 35.5. The van der Waals surface area contributed by atoms with E-state index in [4.69, 9.17) is 26.5 Å². The van der Waals surface area contributed by atoms with Gasteiger partial charge < -0.3 is 9.30 Å². The van der Waals surface area contributed by atoms with Gasteiger partial charge in [-0.3, -0.25) is 14.2 Å². The molecule has 0 aliphatic carbocycles. The van der Waals surface area contributed by atoms with Crippen LogP contribution in [0.2, 0.25) is 5.02 Å². The van der Waals surface area contributed by atoms with Crippen molar-refractivity contribution in [3.05, 3.63) is 99.1 Å². The van der Waals surface area contributed by atoms with Gasteiger partial charge in [0.2, 0.25) is 0 Å². The van der Waals surface area contributed by atoms with Crippen molar-refractivity contribution in [2.45, 2.75) is 66.0 Å². The Morgan fingerprint density at radius 2 is 1.76 bits per heavy atom. The standard InChI is InChI=1S/C37H39ClN5O2P/c1-22-24(3)39-43-17-7-10-27-21-28(41(4)40-27)13-12-25-19-26-9-5-6-11-29(26)32(20-25)45-18-8-16-42-31-15-14-30(38)34(35(22)43)33(31)23(2)36(42)37(44)46/h5-6,9,11,14-15,19-21H,7-8,10,12-13,16-18,46H2,1-4H3. The Bertz CT molecular complexity index is 2140. The molecule has 6 aromatic rings. The molecule has 0 N–H and O–H groups in total. The molecule has 3 aromatic heterocycles. The molecule has 3 aromatic carbocycles. The largest absolute Gasteiger partial charge is 0.493 e. The molecule has 0 radical (unpaired) electrons. The van der Waals surface area contributed by atoms with Crippen LogP contribution in [0.4, 0.5) is 0 Å². The van der Waals surface area contributed by atoms with Crippen LogP contribution in [0, 0.1) is 20.8 Å². The maximum atomic E-state index is 13.1. The highest BCUT2D eigenvalue weighted by Gasteiger charge is 2.26. The second-order valence-electron chi connectivity index (χ2n) is 12.5.